The summed E-state index contributed by atoms with van der Waals surface area (Å²) in [4.78, 5) is 0. The van der Waals surface area contributed by atoms with E-state index in [0.717, 1.165) is 18.7 Å². The van der Waals surface area contributed by atoms with Crippen LogP contribution < -0.4 is 10.1 Å². The predicted molar refractivity (Wildman–Crippen MR) is 88.2 cm³/mol. The molecule has 0 aliphatic carbocycles. The number of para-hydroxylation sites is 2. The van der Waals surface area contributed by atoms with Crippen LogP contribution in [-0.2, 0) is 11.8 Å². The van der Waals surface area contributed by atoms with Crippen molar-refractivity contribution in [3.8, 4) is 5.75 Å². The molecular weight excluding hydrogens is 258 g/mol. The van der Waals surface area contributed by atoms with Crippen molar-refractivity contribution in [3.63, 3.8) is 0 Å². The average Bonchev–Trinajstić information content (AvgIpc) is 2.87. The van der Waals surface area contributed by atoms with E-state index in [0.29, 0.717) is 0 Å². The van der Waals surface area contributed by atoms with E-state index in [-0.39, 0.29) is 11.5 Å². The highest BCUT2D eigenvalue weighted by atomic mass is 16.5. The molecule has 3 rings (SSSR count). The van der Waals surface area contributed by atoms with Gasteiger partial charge in [0.15, 0.2) is 0 Å². The van der Waals surface area contributed by atoms with Crippen LogP contribution in [0, 0.1) is 0 Å². The Morgan fingerprint density at radius 2 is 1.76 bits per heavy atom. The van der Waals surface area contributed by atoms with E-state index in [1.165, 1.54) is 16.8 Å². The Labute approximate surface area is 127 Å². The highest BCUT2D eigenvalue weighted by molar-refractivity contribution is 5.54. The van der Waals surface area contributed by atoms with E-state index in [1.807, 2.05) is 6.07 Å². The largest absolute Gasteiger partial charge is 0.488 e. The zero-order valence-electron chi connectivity index (χ0n) is 13.0. The molecule has 1 heterocycles. The van der Waals surface area contributed by atoms with E-state index in [9.17, 15) is 0 Å². The number of nitrogens with one attached hydrogen (secondary N) is 1. The van der Waals surface area contributed by atoms with Crippen molar-refractivity contribution in [1.29, 1.82) is 0 Å². The molecule has 21 heavy (non-hydrogen) atoms. The Morgan fingerprint density at radius 3 is 2.52 bits per heavy atom. The molecule has 0 saturated heterocycles. The number of hydrogen-bond donors (Lipinski definition) is 1. The van der Waals surface area contributed by atoms with E-state index in [4.69, 9.17) is 4.74 Å². The van der Waals surface area contributed by atoms with Crippen molar-refractivity contribution < 1.29 is 4.74 Å². The van der Waals surface area contributed by atoms with Gasteiger partial charge in [-0.1, -0.05) is 57.2 Å². The molecule has 1 atom stereocenters. The molecule has 0 radical (unpaired) electrons. The monoisotopic (exact) mass is 281 g/mol. The van der Waals surface area contributed by atoms with Gasteiger partial charge in [0, 0.05) is 12.1 Å². The smallest absolute Gasteiger partial charge is 0.123 e. The summed E-state index contributed by atoms with van der Waals surface area (Å²) in [5.74, 6) is 1.04. The third-order valence-corrected chi connectivity index (χ3v) is 3.97. The van der Waals surface area contributed by atoms with Crippen molar-refractivity contribution in [2.45, 2.75) is 38.7 Å². The Balaban J connectivity index is 1.68. The van der Waals surface area contributed by atoms with Gasteiger partial charge >= 0.3 is 0 Å². The highest BCUT2D eigenvalue weighted by Gasteiger charge is 2.23. The zero-order chi connectivity index (χ0) is 14.9. The van der Waals surface area contributed by atoms with Crippen LogP contribution in [0.2, 0.25) is 0 Å². The summed E-state index contributed by atoms with van der Waals surface area (Å²) >= 11 is 0. The van der Waals surface area contributed by atoms with Crippen molar-refractivity contribution >= 4 is 5.69 Å². The summed E-state index contributed by atoms with van der Waals surface area (Å²) in [5.41, 5.74) is 4.02. The Bertz CT molecular complexity index is 602. The summed E-state index contributed by atoms with van der Waals surface area (Å²) < 4.78 is 5.99. The third-order valence-electron chi connectivity index (χ3n) is 3.97. The second-order valence-corrected chi connectivity index (χ2v) is 6.73. The molecule has 0 amide bonds. The van der Waals surface area contributed by atoms with Gasteiger partial charge < -0.3 is 10.1 Å². The topological polar surface area (TPSA) is 21.3 Å². The Morgan fingerprint density at radius 1 is 1.05 bits per heavy atom. The molecule has 2 nitrogen and oxygen atoms in total. The first-order valence-corrected chi connectivity index (χ1v) is 7.62. The first-order valence-electron chi connectivity index (χ1n) is 7.62. The average molecular weight is 281 g/mol. The van der Waals surface area contributed by atoms with Crippen molar-refractivity contribution in [2.75, 3.05) is 11.9 Å². The number of fused-ring (bicyclic) bond motifs is 1. The van der Waals surface area contributed by atoms with Crippen molar-refractivity contribution in [2.24, 2.45) is 0 Å². The van der Waals surface area contributed by atoms with Crippen LogP contribution in [0.1, 0.15) is 31.9 Å². The lowest BCUT2D eigenvalue weighted by molar-refractivity contribution is 0.246. The molecule has 110 valence electrons. The Hall–Kier alpha value is -1.96. The predicted octanol–water partition coefficient (Wildman–Crippen LogP) is 4.40. The molecule has 2 aromatic carbocycles. The molecule has 0 spiro atoms. The molecule has 0 aromatic heterocycles. The van der Waals surface area contributed by atoms with Gasteiger partial charge in [0.1, 0.15) is 11.9 Å². The van der Waals surface area contributed by atoms with E-state index < -0.39 is 0 Å². The maximum absolute atomic E-state index is 5.99. The SMILES string of the molecule is CC(C)(C)c1ccccc1NCC1Cc2ccccc2O1. The van der Waals surface area contributed by atoms with Gasteiger partial charge in [-0.2, -0.15) is 0 Å². The molecule has 1 aliphatic rings. The lowest BCUT2D eigenvalue weighted by Crippen LogP contribution is -2.25. The van der Waals surface area contributed by atoms with Crippen LogP contribution in [0.25, 0.3) is 0 Å². The van der Waals surface area contributed by atoms with Gasteiger partial charge in [-0.05, 0) is 28.7 Å². The summed E-state index contributed by atoms with van der Waals surface area (Å²) in [7, 11) is 0. The van der Waals surface area contributed by atoms with Crippen LogP contribution in [0.15, 0.2) is 48.5 Å². The van der Waals surface area contributed by atoms with Gasteiger partial charge in [0.05, 0.1) is 6.54 Å². The van der Waals surface area contributed by atoms with Crippen LogP contribution in [-0.4, -0.2) is 12.6 Å². The number of hydrogen-bond acceptors (Lipinski definition) is 2. The number of anilines is 1. The quantitative estimate of drug-likeness (QED) is 0.900. The van der Waals surface area contributed by atoms with E-state index >= 15 is 0 Å². The fourth-order valence-corrected chi connectivity index (χ4v) is 2.88. The lowest BCUT2D eigenvalue weighted by atomic mass is 9.86. The summed E-state index contributed by atoms with van der Waals surface area (Å²) in [6.07, 6.45) is 1.20. The lowest BCUT2D eigenvalue weighted by Gasteiger charge is -2.24. The minimum absolute atomic E-state index is 0.142. The fraction of sp³-hybridized carbons (Fsp3) is 0.368. The summed E-state index contributed by atoms with van der Waals surface area (Å²) in [6.45, 7) is 7.57. The Kier molecular flexibility index (Phi) is 3.62. The molecule has 2 aromatic rings. The molecule has 0 fully saturated rings. The third kappa shape index (κ3) is 3.05. The molecule has 1 N–H and O–H groups in total. The zero-order valence-corrected chi connectivity index (χ0v) is 13.0. The van der Waals surface area contributed by atoms with Crippen LogP contribution >= 0.6 is 0 Å². The molecule has 1 aliphatic heterocycles. The second-order valence-electron chi connectivity index (χ2n) is 6.73. The minimum atomic E-state index is 0.142. The van der Waals surface area contributed by atoms with E-state index in [1.54, 1.807) is 0 Å². The molecule has 1 unspecified atom stereocenters. The summed E-state index contributed by atoms with van der Waals surface area (Å²) in [5, 5.41) is 3.57. The number of ether oxygens (including phenoxy) is 1. The van der Waals surface area contributed by atoms with Crippen LogP contribution in [0.5, 0.6) is 5.75 Å². The summed E-state index contributed by atoms with van der Waals surface area (Å²) in [6, 6.07) is 16.9. The van der Waals surface area contributed by atoms with Crippen molar-refractivity contribution in [1.82, 2.24) is 0 Å². The molecule has 2 heteroatoms. The maximum Gasteiger partial charge on any atom is 0.123 e. The first kappa shape index (κ1) is 14.0. The van der Waals surface area contributed by atoms with Crippen LogP contribution in [0.4, 0.5) is 5.69 Å². The van der Waals surface area contributed by atoms with Gasteiger partial charge in [-0.15, -0.1) is 0 Å². The van der Waals surface area contributed by atoms with Crippen molar-refractivity contribution in [3.05, 3.63) is 59.7 Å². The van der Waals surface area contributed by atoms with Crippen LogP contribution in [0.3, 0.4) is 0 Å². The first-order chi connectivity index (χ1) is 10.0. The van der Waals surface area contributed by atoms with Gasteiger partial charge in [0.2, 0.25) is 0 Å². The minimum Gasteiger partial charge on any atom is -0.488 e. The number of rotatable bonds is 3. The molecule has 0 saturated carbocycles. The highest BCUT2D eigenvalue weighted by Crippen LogP contribution is 2.31. The van der Waals surface area contributed by atoms with Gasteiger partial charge in [-0.3, -0.25) is 0 Å². The number of benzene rings is 2. The molecule has 0 bridgehead atoms. The normalized spacial score (nSPS) is 17.2. The maximum atomic E-state index is 5.99. The molecular formula is C19H23NO. The van der Waals surface area contributed by atoms with E-state index in [2.05, 4.69) is 68.6 Å². The van der Waals surface area contributed by atoms with Gasteiger partial charge in [-0.25, -0.2) is 0 Å². The standard InChI is InChI=1S/C19H23NO/c1-19(2,3)16-9-5-6-10-17(16)20-13-15-12-14-8-4-7-11-18(14)21-15/h4-11,15,20H,12-13H2,1-3H3. The fourth-order valence-electron chi connectivity index (χ4n) is 2.88. The second kappa shape index (κ2) is 5.44. The van der Waals surface area contributed by atoms with Gasteiger partial charge in [0.25, 0.3) is 0 Å².